The maximum absolute atomic E-state index is 13.2. The van der Waals surface area contributed by atoms with Crippen LogP contribution in [0.15, 0.2) is 24.3 Å². The van der Waals surface area contributed by atoms with E-state index in [0.29, 0.717) is 24.3 Å². The van der Waals surface area contributed by atoms with E-state index in [1.54, 1.807) is 18.4 Å². The van der Waals surface area contributed by atoms with E-state index >= 15 is 0 Å². The summed E-state index contributed by atoms with van der Waals surface area (Å²) in [5, 5.41) is 41.7. The van der Waals surface area contributed by atoms with Gasteiger partial charge in [0.15, 0.2) is 6.04 Å². The first-order chi connectivity index (χ1) is 18.9. The van der Waals surface area contributed by atoms with E-state index in [2.05, 4.69) is 26.6 Å². The molecule has 0 spiro atoms. The Morgan fingerprint density at radius 1 is 0.975 bits per heavy atom. The van der Waals surface area contributed by atoms with Crippen LogP contribution in [0.2, 0.25) is 0 Å². The molecule has 1 heterocycles. The van der Waals surface area contributed by atoms with E-state index in [1.165, 1.54) is 37.7 Å². The molecule has 1 saturated heterocycles. The number of carboxylic acid groups (broad SMARTS) is 1. The second kappa shape index (κ2) is 16.0. The normalized spacial score (nSPS) is 18.4. The number of hydrogen-bond donors (Lipinski definition) is 8. The maximum Gasteiger partial charge on any atom is 0.328 e. The van der Waals surface area contributed by atoms with Crippen LogP contribution in [0.4, 0.5) is 0 Å². The lowest BCUT2D eigenvalue weighted by atomic mass is 10.0. The van der Waals surface area contributed by atoms with Gasteiger partial charge in [-0.2, -0.15) is 11.8 Å². The standard InChI is InChI=1S/C26H39N5O8S/c1-14(22(34)29-19(10-12-40-3)24(36)31-21(15(2)32)26(38)39)28-25(37)20(13-16-6-8-17(33)9-7-16)30-23(35)18-5-4-11-27-18/h6-9,14-15,18-21,27,32-33H,4-5,10-13H2,1-3H3,(H,28,37)(H,29,34)(H,30,35)(H,31,36)(H,38,39)/t14-,15+,18-,19-,20-,21-/m0/s1. The minimum Gasteiger partial charge on any atom is -0.508 e. The molecule has 0 bridgehead atoms. The van der Waals surface area contributed by atoms with E-state index in [-0.39, 0.29) is 24.5 Å². The van der Waals surface area contributed by atoms with Crippen molar-refractivity contribution >= 4 is 41.4 Å². The summed E-state index contributed by atoms with van der Waals surface area (Å²) in [6, 6.07) is 0.956. The topological polar surface area (TPSA) is 206 Å². The highest BCUT2D eigenvalue weighted by Gasteiger charge is 2.32. The predicted octanol–water partition coefficient (Wildman–Crippen LogP) is -1.14. The third-order valence-corrected chi connectivity index (χ3v) is 7.07. The summed E-state index contributed by atoms with van der Waals surface area (Å²) >= 11 is 1.42. The molecule has 2 rings (SSSR count). The molecule has 0 aromatic heterocycles. The smallest absolute Gasteiger partial charge is 0.328 e. The van der Waals surface area contributed by atoms with E-state index in [9.17, 15) is 39.3 Å². The van der Waals surface area contributed by atoms with Crippen molar-refractivity contribution in [1.29, 1.82) is 0 Å². The first-order valence-electron chi connectivity index (χ1n) is 13.1. The fourth-order valence-corrected chi connectivity index (χ4v) is 4.55. The molecule has 1 aromatic rings. The van der Waals surface area contributed by atoms with E-state index in [4.69, 9.17) is 0 Å². The third kappa shape index (κ3) is 10.3. The number of nitrogens with one attached hydrogen (secondary N) is 5. The Hall–Kier alpha value is -3.36. The maximum atomic E-state index is 13.2. The molecule has 0 aliphatic carbocycles. The zero-order valence-electron chi connectivity index (χ0n) is 22.8. The van der Waals surface area contributed by atoms with Crippen molar-refractivity contribution in [3.63, 3.8) is 0 Å². The molecule has 0 saturated carbocycles. The molecule has 222 valence electrons. The van der Waals surface area contributed by atoms with E-state index in [0.717, 1.165) is 6.42 Å². The Labute approximate surface area is 237 Å². The van der Waals surface area contributed by atoms with Gasteiger partial charge in [0.25, 0.3) is 0 Å². The van der Waals surface area contributed by atoms with Crippen LogP contribution < -0.4 is 26.6 Å². The van der Waals surface area contributed by atoms with Crippen molar-refractivity contribution < 1.29 is 39.3 Å². The molecular weight excluding hydrogens is 542 g/mol. The van der Waals surface area contributed by atoms with Crippen LogP contribution in [-0.4, -0.2) is 99.8 Å². The highest BCUT2D eigenvalue weighted by Crippen LogP contribution is 2.13. The molecule has 13 nitrogen and oxygen atoms in total. The minimum absolute atomic E-state index is 0.0532. The van der Waals surface area contributed by atoms with Crippen molar-refractivity contribution in [3.05, 3.63) is 29.8 Å². The van der Waals surface area contributed by atoms with Gasteiger partial charge in [0, 0.05) is 6.42 Å². The first kappa shape index (κ1) is 32.8. The van der Waals surface area contributed by atoms with Gasteiger partial charge in [-0.1, -0.05) is 12.1 Å². The van der Waals surface area contributed by atoms with Crippen LogP contribution in [0.5, 0.6) is 5.75 Å². The van der Waals surface area contributed by atoms with Crippen LogP contribution in [0, 0.1) is 0 Å². The quantitative estimate of drug-likeness (QED) is 0.125. The number of aliphatic carboxylic acids is 1. The summed E-state index contributed by atoms with van der Waals surface area (Å²) in [6.45, 7) is 3.34. The van der Waals surface area contributed by atoms with Gasteiger partial charge < -0.3 is 41.9 Å². The van der Waals surface area contributed by atoms with Crippen molar-refractivity contribution in [3.8, 4) is 5.75 Å². The number of benzene rings is 1. The SMILES string of the molecule is CSCC[C@H](NC(=O)[C@H](C)NC(=O)[C@H](Cc1ccc(O)cc1)NC(=O)[C@@H]1CCCN1)C(=O)N[C@H](C(=O)O)[C@@H](C)O. The Kier molecular flexibility index (Phi) is 13.2. The van der Waals surface area contributed by atoms with Crippen molar-refractivity contribution in [2.75, 3.05) is 18.6 Å². The van der Waals surface area contributed by atoms with Crippen LogP contribution in [0.3, 0.4) is 0 Å². The Bertz CT molecular complexity index is 1030. The summed E-state index contributed by atoms with van der Waals surface area (Å²) in [6.07, 6.45) is 2.19. The third-order valence-electron chi connectivity index (χ3n) is 6.43. The number of carbonyl (C=O) groups excluding carboxylic acids is 4. The lowest BCUT2D eigenvalue weighted by Gasteiger charge is -2.25. The number of phenols is 1. The Balaban J connectivity index is 2.10. The Morgan fingerprint density at radius 2 is 1.62 bits per heavy atom. The molecule has 1 aliphatic heterocycles. The molecule has 4 amide bonds. The van der Waals surface area contributed by atoms with E-state index < -0.39 is 60.0 Å². The van der Waals surface area contributed by atoms with Crippen LogP contribution in [0.1, 0.15) is 38.7 Å². The summed E-state index contributed by atoms with van der Waals surface area (Å²) < 4.78 is 0. The fourth-order valence-electron chi connectivity index (χ4n) is 4.08. The molecule has 8 N–H and O–H groups in total. The van der Waals surface area contributed by atoms with Gasteiger partial charge in [-0.25, -0.2) is 4.79 Å². The van der Waals surface area contributed by atoms with Gasteiger partial charge in [0.2, 0.25) is 23.6 Å². The van der Waals surface area contributed by atoms with Gasteiger partial charge in [0.05, 0.1) is 12.1 Å². The molecule has 0 unspecified atom stereocenters. The summed E-state index contributed by atoms with van der Waals surface area (Å²) in [4.78, 5) is 63.1. The largest absolute Gasteiger partial charge is 0.508 e. The lowest BCUT2D eigenvalue weighted by molar-refractivity contribution is -0.145. The van der Waals surface area contributed by atoms with Crippen molar-refractivity contribution in [2.45, 2.75) is 75.8 Å². The van der Waals surface area contributed by atoms with Gasteiger partial charge in [-0.15, -0.1) is 0 Å². The zero-order valence-corrected chi connectivity index (χ0v) is 23.6. The number of amides is 4. The first-order valence-corrected chi connectivity index (χ1v) is 14.4. The minimum atomic E-state index is -1.56. The number of aromatic hydroxyl groups is 1. The monoisotopic (exact) mass is 581 g/mol. The fraction of sp³-hybridized carbons (Fsp3) is 0.577. The zero-order chi connectivity index (χ0) is 29.8. The number of phenolic OH excluding ortho intramolecular Hbond substituents is 1. The summed E-state index contributed by atoms with van der Waals surface area (Å²) in [5.41, 5.74) is 0.676. The van der Waals surface area contributed by atoms with Crippen molar-refractivity contribution in [2.24, 2.45) is 0 Å². The Morgan fingerprint density at radius 3 is 2.17 bits per heavy atom. The van der Waals surface area contributed by atoms with Gasteiger partial charge in [0.1, 0.15) is 23.9 Å². The highest BCUT2D eigenvalue weighted by atomic mass is 32.2. The lowest BCUT2D eigenvalue weighted by Crippen LogP contribution is -2.59. The van der Waals surface area contributed by atoms with Crippen LogP contribution in [-0.2, 0) is 30.4 Å². The van der Waals surface area contributed by atoms with Gasteiger partial charge in [-0.3, -0.25) is 19.2 Å². The predicted molar refractivity (Wildman–Crippen MR) is 149 cm³/mol. The number of carbonyl (C=O) groups is 5. The van der Waals surface area contributed by atoms with Crippen molar-refractivity contribution in [1.82, 2.24) is 26.6 Å². The molecule has 14 heteroatoms. The molecule has 6 atom stereocenters. The molecule has 1 aliphatic rings. The average molecular weight is 582 g/mol. The van der Waals surface area contributed by atoms with Gasteiger partial charge in [-0.05, 0) is 69.4 Å². The molecule has 0 radical (unpaired) electrons. The molecule has 1 fully saturated rings. The summed E-state index contributed by atoms with van der Waals surface area (Å²) in [5.74, 6) is -3.32. The van der Waals surface area contributed by atoms with Gasteiger partial charge >= 0.3 is 5.97 Å². The number of hydrogen-bond acceptors (Lipinski definition) is 9. The molecule has 1 aromatic carbocycles. The second-order valence-corrected chi connectivity index (χ2v) is 10.7. The summed E-state index contributed by atoms with van der Waals surface area (Å²) in [7, 11) is 0. The number of rotatable bonds is 15. The average Bonchev–Trinajstić information content (AvgIpc) is 3.45. The number of aliphatic hydroxyl groups is 1. The highest BCUT2D eigenvalue weighted by molar-refractivity contribution is 7.98. The van der Waals surface area contributed by atoms with E-state index in [1.807, 2.05) is 0 Å². The second-order valence-electron chi connectivity index (χ2n) is 9.72. The number of aliphatic hydroxyl groups excluding tert-OH is 1. The number of carboxylic acids is 1. The molecular formula is C26H39N5O8S. The van der Waals surface area contributed by atoms with Crippen LogP contribution in [0.25, 0.3) is 0 Å². The van der Waals surface area contributed by atoms with Crippen LogP contribution >= 0.6 is 11.8 Å². The molecule has 40 heavy (non-hydrogen) atoms. The number of thioether (sulfide) groups is 1.